The topological polar surface area (TPSA) is 43.4 Å². The molecule has 7 rings (SSSR count). The lowest BCUT2D eigenvalue weighted by Crippen LogP contribution is -2.68. The van der Waals surface area contributed by atoms with Crippen LogP contribution in [0.4, 0.5) is 0 Å². The first-order valence-electron chi connectivity index (χ1n) is 17.9. The Morgan fingerprint density at radius 3 is 1.88 bits per heavy atom. The molecule has 0 unspecified atom stereocenters. The molecule has 43 heavy (non-hydrogen) atoms. The maximum Gasteiger partial charge on any atom is 0.197 e. The molecule has 0 N–H and O–H groups in total. The van der Waals surface area contributed by atoms with Gasteiger partial charge in [0.15, 0.2) is 22.9 Å². The second kappa shape index (κ2) is 9.22. The molecule has 0 bridgehead atoms. The Kier molecular flexibility index (Phi) is 6.44. The molecule has 1 aliphatic heterocycles. The zero-order valence-electron chi connectivity index (χ0n) is 28.2. The van der Waals surface area contributed by atoms with Gasteiger partial charge in [-0.15, -0.1) is 13.2 Å². The highest BCUT2D eigenvalue weighted by Gasteiger charge is 2.70. The minimum absolute atomic E-state index is 0.0157. The standard InChI is InChI=1S/C40H58O3/c1-9-34(3)19-21-36(5)27(25-34)14-17-39(8)30(36)11-12-32(42)40(39)18-15-28-33(43-40)29(41)23-31-37(6)22-20-35(4,10-2)24-26(37)13-16-38(28,31)7/h9-10,26-27,30-31H,1-2,11-25H2,3-8H3/t26-,27-,30+,31+,34-,35-,36-,37-,38+,39-,40-/m0/s1. The molecule has 6 aliphatic carbocycles. The number of ether oxygens (including phenoxy) is 1. The molecule has 236 valence electrons. The van der Waals surface area contributed by atoms with Gasteiger partial charge in [0, 0.05) is 18.3 Å². The van der Waals surface area contributed by atoms with E-state index in [-0.39, 0.29) is 44.1 Å². The number of carbonyl (C=O) groups is 2. The van der Waals surface area contributed by atoms with Crippen LogP contribution in [0.25, 0.3) is 0 Å². The number of fused-ring (bicyclic) bond motifs is 8. The molecule has 5 saturated carbocycles. The Hall–Kier alpha value is -1.64. The van der Waals surface area contributed by atoms with Crippen LogP contribution in [0.5, 0.6) is 0 Å². The summed E-state index contributed by atoms with van der Waals surface area (Å²) in [6, 6.07) is 0. The summed E-state index contributed by atoms with van der Waals surface area (Å²) in [4.78, 5) is 28.5. The Bertz CT molecular complexity index is 1310. The molecule has 0 radical (unpaired) electrons. The van der Waals surface area contributed by atoms with E-state index in [1.807, 2.05) is 0 Å². The summed E-state index contributed by atoms with van der Waals surface area (Å²) in [6.07, 6.45) is 19.8. The molecule has 7 aliphatic rings. The van der Waals surface area contributed by atoms with Gasteiger partial charge in [0.05, 0.1) is 0 Å². The first-order chi connectivity index (χ1) is 20.1. The number of hydrogen-bond donors (Lipinski definition) is 0. The van der Waals surface area contributed by atoms with Gasteiger partial charge >= 0.3 is 0 Å². The van der Waals surface area contributed by atoms with Gasteiger partial charge in [-0.2, -0.15) is 0 Å². The Morgan fingerprint density at radius 2 is 1.28 bits per heavy atom. The van der Waals surface area contributed by atoms with Crippen molar-refractivity contribution in [2.24, 2.45) is 56.2 Å². The first-order valence-corrected chi connectivity index (χ1v) is 17.9. The fourth-order valence-electron chi connectivity index (χ4n) is 13.3. The van der Waals surface area contributed by atoms with Crippen molar-refractivity contribution in [1.29, 1.82) is 0 Å². The fourth-order valence-corrected chi connectivity index (χ4v) is 13.3. The molecule has 0 aromatic carbocycles. The normalized spacial score (nSPS) is 54.4. The summed E-state index contributed by atoms with van der Waals surface area (Å²) in [5.74, 6) is 3.21. The Morgan fingerprint density at radius 1 is 0.698 bits per heavy atom. The third-order valence-corrected chi connectivity index (χ3v) is 16.5. The van der Waals surface area contributed by atoms with Gasteiger partial charge in [-0.1, -0.05) is 53.7 Å². The maximum absolute atomic E-state index is 14.3. The molecule has 5 fully saturated rings. The first kappa shape index (κ1) is 30.0. The van der Waals surface area contributed by atoms with Gasteiger partial charge in [0.25, 0.3) is 0 Å². The van der Waals surface area contributed by atoms with Crippen LogP contribution in [0.2, 0.25) is 0 Å². The lowest BCUT2D eigenvalue weighted by Gasteiger charge is -2.67. The zero-order valence-corrected chi connectivity index (χ0v) is 28.2. The van der Waals surface area contributed by atoms with E-state index in [0.717, 1.165) is 44.9 Å². The maximum atomic E-state index is 14.3. The van der Waals surface area contributed by atoms with E-state index in [0.29, 0.717) is 42.3 Å². The molecule has 11 atom stereocenters. The largest absolute Gasteiger partial charge is 0.475 e. The number of rotatable bonds is 2. The molecule has 0 aromatic heterocycles. The molecular formula is C40H58O3. The summed E-state index contributed by atoms with van der Waals surface area (Å²) in [5, 5.41) is 0. The molecule has 0 aromatic rings. The van der Waals surface area contributed by atoms with E-state index in [9.17, 15) is 9.59 Å². The van der Waals surface area contributed by atoms with Crippen molar-refractivity contribution in [2.75, 3.05) is 0 Å². The lowest BCUT2D eigenvalue weighted by molar-refractivity contribution is -0.222. The SMILES string of the molecule is C=C[C@@]1(C)CC[C@@]2(C)[C@@H](CC[C@@]3(C)[C@@H]2CCC(=O)[C@@]32CCC3=C(O2)C(=O)C[C@@H]2[C@@]4(C)CC[C@](C)(C=C)C[C@@H]4CC[C@]32C)C1. The van der Waals surface area contributed by atoms with Crippen molar-refractivity contribution < 1.29 is 14.3 Å². The molecule has 0 saturated heterocycles. The quantitative estimate of drug-likeness (QED) is 0.302. The second-order valence-electron chi connectivity index (χ2n) is 18.4. The second-order valence-corrected chi connectivity index (χ2v) is 18.4. The van der Waals surface area contributed by atoms with Crippen LogP contribution >= 0.6 is 0 Å². The third kappa shape index (κ3) is 3.78. The molecule has 0 amide bonds. The van der Waals surface area contributed by atoms with E-state index in [2.05, 4.69) is 66.9 Å². The number of allylic oxidation sites excluding steroid dienone is 4. The zero-order chi connectivity index (χ0) is 30.8. The highest BCUT2D eigenvalue weighted by molar-refractivity contribution is 5.98. The summed E-state index contributed by atoms with van der Waals surface area (Å²) in [7, 11) is 0. The van der Waals surface area contributed by atoms with Gasteiger partial charge in [-0.3, -0.25) is 9.59 Å². The average Bonchev–Trinajstić information content (AvgIpc) is 2.98. The minimum Gasteiger partial charge on any atom is -0.475 e. The van der Waals surface area contributed by atoms with Gasteiger partial charge in [0.1, 0.15) is 0 Å². The van der Waals surface area contributed by atoms with E-state index >= 15 is 0 Å². The smallest absolute Gasteiger partial charge is 0.197 e. The minimum atomic E-state index is -0.849. The Labute approximate surface area is 261 Å². The van der Waals surface area contributed by atoms with E-state index in [4.69, 9.17) is 4.74 Å². The number of carbonyl (C=O) groups excluding carboxylic acids is 2. The van der Waals surface area contributed by atoms with E-state index in [1.54, 1.807) is 0 Å². The Balaban J connectivity index is 1.23. The highest BCUT2D eigenvalue weighted by atomic mass is 16.5. The van der Waals surface area contributed by atoms with Crippen molar-refractivity contribution in [3.63, 3.8) is 0 Å². The third-order valence-electron chi connectivity index (χ3n) is 16.5. The van der Waals surface area contributed by atoms with Crippen LogP contribution < -0.4 is 0 Å². The predicted molar refractivity (Wildman–Crippen MR) is 173 cm³/mol. The van der Waals surface area contributed by atoms with Crippen LogP contribution in [-0.4, -0.2) is 17.2 Å². The number of ketones is 2. The van der Waals surface area contributed by atoms with Crippen molar-refractivity contribution in [3.8, 4) is 0 Å². The van der Waals surface area contributed by atoms with Crippen molar-refractivity contribution in [1.82, 2.24) is 0 Å². The summed E-state index contributed by atoms with van der Waals surface area (Å²) in [6.45, 7) is 23.1. The van der Waals surface area contributed by atoms with Gasteiger partial charge in [-0.05, 0) is 140 Å². The van der Waals surface area contributed by atoms with Gasteiger partial charge in [-0.25, -0.2) is 0 Å². The number of hydrogen-bond acceptors (Lipinski definition) is 3. The molecule has 3 heteroatoms. The van der Waals surface area contributed by atoms with Crippen LogP contribution in [-0.2, 0) is 14.3 Å². The monoisotopic (exact) mass is 586 g/mol. The predicted octanol–water partition coefficient (Wildman–Crippen LogP) is 9.96. The molecule has 1 spiro atoms. The van der Waals surface area contributed by atoms with Gasteiger partial charge < -0.3 is 4.74 Å². The summed E-state index contributed by atoms with van der Waals surface area (Å²) >= 11 is 0. The summed E-state index contributed by atoms with van der Waals surface area (Å²) < 4.78 is 7.19. The number of Topliss-reactive ketones (excluding diaryl/α,β-unsaturated/α-hetero) is 2. The molecule has 1 heterocycles. The molecular weight excluding hydrogens is 528 g/mol. The van der Waals surface area contributed by atoms with Gasteiger partial charge in [0.2, 0.25) is 0 Å². The average molecular weight is 587 g/mol. The van der Waals surface area contributed by atoms with E-state index in [1.165, 1.54) is 44.1 Å². The van der Waals surface area contributed by atoms with Crippen LogP contribution in [0.1, 0.15) is 138 Å². The van der Waals surface area contributed by atoms with Crippen molar-refractivity contribution in [3.05, 3.63) is 36.6 Å². The highest BCUT2D eigenvalue weighted by Crippen LogP contribution is 2.72. The molecule has 3 nitrogen and oxygen atoms in total. The van der Waals surface area contributed by atoms with E-state index < -0.39 is 5.60 Å². The van der Waals surface area contributed by atoms with Crippen molar-refractivity contribution >= 4 is 11.6 Å². The van der Waals surface area contributed by atoms with Crippen molar-refractivity contribution in [2.45, 2.75) is 143 Å². The fraction of sp³-hybridized carbons (Fsp3) is 0.800. The summed E-state index contributed by atoms with van der Waals surface area (Å²) in [5.41, 5.74) is 0.999. The van der Waals surface area contributed by atoms with Crippen LogP contribution in [0.3, 0.4) is 0 Å². The lowest BCUT2D eigenvalue weighted by atomic mass is 9.39. The van der Waals surface area contributed by atoms with Crippen LogP contribution in [0, 0.1) is 56.2 Å². The van der Waals surface area contributed by atoms with Crippen LogP contribution in [0.15, 0.2) is 36.6 Å².